The van der Waals surface area contributed by atoms with E-state index in [2.05, 4.69) is 48.1 Å². The van der Waals surface area contributed by atoms with Crippen LogP contribution in [0.15, 0.2) is 24.7 Å². The van der Waals surface area contributed by atoms with Crippen LogP contribution in [0.25, 0.3) is 0 Å². The van der Waals surface area contributed by atoms with Crippen LogP contribution < -0.4 is 10.2 Å². The minimum Gasteiger partial charge on any atom is -0.369 e. The number of carbonyl (C=O) groups excluding carboxylic acids is 1. The summed E-state index contributed by atoms with van der Waals surface area (Å²) in [6, 6.07) is 4.94. The number of hydrogen-bond donors (Lipinski definition) is 1. The summed E-state index contributed by atoms with van der Waals surface area (Å²) >= 11 is 0. The number of benzene rings is 1. The molecule has 3 rings (SSSR count). The van der Waals surface area contributed by atoms with E-state index in [4.69, 9.17) is 0 Å². The molecule has 5 heteroatoms. The van der Waals surface area contributed by atoms with Gasteiger partial charge in [-0.05, 0) is 56.4 Å². The molecule has 5 nitrogen and oxygen atoms in total. The smallest absolute Gasteiger partial charge is 0.251 e. The van der Waals surface area contributed by atoms with Crippen LogP contribution in [-0.4, -0.2) is 28.0 Å². The first kappa shape index (κ1) is 20.4. The highest BCUT2D eigenvalue weighted by Crippen LogP contribution is 2.32. The molecule has 0 bridgehead atoms. The fourth-order valence-electron chi connectivity index (χ4n) is 4.34. The molecule has 0 saturated heterocycles. The normalized spacial score (nSPS) is 14.9. The number of nitrogens with zero attached hydrogens (tertiary/aromatic N) is 3. The molecule has 1 saturated carbocycles. The van der Waals surface area contributed by atoms with E-state index in [0.29, 0.717) is 12.6 Å². The van der Waals surface area contributed by atoms with E-state index >= 15 is 0 Å². The Balaban J connectivity index is 1.86. The summed E-state index contributed by atoms with van der Waals surface area (Å²) in [4.78, 5) is 19.8. The first-order valence-electron chi connectivity index (χ1n) is 10.7. The molecule has 2 aromatic rings. The summed E-state index contributed by atoms with van der Waals surface area (Å²) in [5.74, 6) is -0.0144. The molecule has 1 aliphatic carbocycles. The third-order valence-corrected chi connectivity index (χ3v) is 5.95. The number of aryl methyl sites for hydroxylation is 2. The van der Waals surface area contributed by atoms with Crippen molar-refractivity contribution in [3.05, 3.63) is 47.0 Å². The monoisotopic (exact) mass is 382 g/mol. The maximum absolute atomic E-state index is 13.0. The van der Waals surface area contributed by atoms with Gasteiger partial charge in [0.1, 0.15) is 0 Å². The highest BCUT2D eigenvalue weighted by molar-refractivity contribution is 5.97. The van der Waals surface area contributed by atoms with Crippen molar-refractivity contribution in [2.45, 2.75) is 71.9 Å². The minimum absolute atomic E-state index is 0.0144. The second-order valence-electron chi connectivity index (χ2n) is 7.93. The van der Waals surface area contributed by atoms with Crippen molar-refractivity contribution in [2.24, 2.45) is 7.05 Å². The van der Waals surface area contributed by atoms with E-state index < -0.39 is 0 Å². The summed E-state index contributed by atoms with van der Waals surface area (Å²) in [5.41, 5.74) is 5.20. The lowest BCUT2D eigenvalue weighted by Gasteiger charge is -2.37. The zero-order valence-electron chi connectivity index (χ0n) is 17.8. The Kier molecular flexibility index (Phi) is 6.76. The molecule has 1 aromatic heterocycles. The molecule has 1 fully saturated rings. The van der Waals surface area contributed by atoms with E-state index in [-0.39, 0.29) is 5.91 Å². The molecule has 28 heavy (non-hydrogen) atoms. The Bertz CT molecular complexity index is 805. The molecule has 1 aromatic carbocycles. The van der Waals surface area contributed by atoms with Gasteiger partial charge in [-0.2, -0.15) is 0 Å². The molecular formula is C23H34N4O. The zero-order valence-corrected chi connectivity index (χ0v) is 17.8. The molecule has 1 aliphatic rings. The molecule has 0 radical (unpaired) electrons. The van der Waals surface area contributed by atoms with Gasteiger partial charge >= 0.3 is 0 Å². The molecule has 1 amide bonds. The molecule has 0 aliphatic heterocycles. The predicted octanol–water partition coefficient (Wildman–Crippen LogP) is 4.38. The fraction of sp³-hybridized carbons (Fsp3) is 0.565. The lowest BCUT2D eigenvalue weighted by molar-refractivity contribution is 0.0949. The highest BCUT2D eigenvalue weighted by atomic mass is 16.1. The summed E-state index contributed by atoms with van der Waals surface area (Å²) < 4.78 is 1.89. The second-order valence-corrected chi connectivity index (χ2v) is 7.93. The number of nitrogens with one attached hydrogen (secondary N) is 1. The van der Waals surface area contributed by atoms with Gasteiger partial charge < -0.3 is 14.8 Å². The Morgan fingerprint density at radius 2 is 2.00 bits per heavy atom. The molecule has 0 atom stereocenters. The maximum atomic E-state index is 13.0. The Hall–Kier alpha value is -2.30. The van der Waals surface area contributed by atoms with Crippen molar-refractivity contribution in [3.8, 4) is 0 Å². The van der Waals surface area contributed by atoms with Gasteiger partial charge in [0.05, 0.1) is 18.6 Å². The standard InChI is InChI=1S/C23H34N4O/c1-5-18-12-21(23(28)24-14-19-15-26(4)16-25-19)17(3)22(13-18)27(6-2)20-10-8-7-9-11-20/h12-13,15-16,20H,5-11,14H2,1-4H3,(H,24,28). The third kappa shape index (κ3) is 4.57. The van der Waals surface area contributed by atoms with Gasteiger partial charge in [-0.3, -0.25) is 4.79 Å². The summed E-state index contributed by atoms with van der Waals surface area (Å²) in [6.07, 6.45) is 11.1. The van der Waals surface area contributed by atoms with Gasteiger partial charge in [0.15, 0.2) is 0 Å². The predicted molar refractivity (Wildman–Crippen MR) is 115 cm³/mol. The van der Waals surface area contributed by atoms with Crippen LogP contribution in [-0.2, 0) is 20.0 Å². The first-order valence-corrected chi connectivity index (χ1v) is 10.7. The quantitative estimate of drug-likeness (QED) is 0.773. The van der Waals surface area contributed by atoms with E-state index in [9.17, 15) is 4.79 Å². The number of aromatic nitrogens is 2. The summed E-state index contributed by atoms with van der Waals surface area (Å²) in [5, 5.41) is 3.05. The van der Waals surface area contributed by atoms with Gasteiger partial charge in [-0.15, -0.1) is 0 Å². The maximum Gasteiger partial charge on any atom is 0.251 e. The highest BCUT2D eigenvalue weighted by Gasteiger charge is 2.24. The van der Waals surface area contributed by atoms with Crippen LogP contribution in [0.3, 0.4) is 0 Å². The molecule has 1 N–H and O–H groups in total. The Morgan fingerprint density at radius 1 is 1.25 bits per heavy atom. The van der Waals surface area contributed by atoms with Gasteiger partial charge in [0, 0.05) is 37.1 Å². The first-order chi connectivity index (χ1) is 13.5. The van der Waals surface area contributed by atoms with E-state index in [1.165, 1.54) is 43.4 Å². The zero-order chi connectivity index (χ0) is 20.1. The summed E-state index contributed by atoms with van der Waals surface area (Å²) in [7, 11) is 1.93. The SMILES string of the molecule is CCc1cc(C(=O)NCc2cn(C)cn2)c(C)c(N(CC)C2CCCCC2)c1. The average molecular weight is 383 g/mol. The Labute approximate surface area is 169 Å². The third-order valence-electron chi connectivity index (χ3n) is 5.95. The van der Waals surface area contributed by atoms with Crippen molar-refractivity contribution in [1.82, 2.24) is 14.9 Å². The number of imidazole rings is 1. The number of anilines is 1. The fourth-order valence-corrected chi connectivity index (χ4v) is 4.34. The molecule has 0 spiro atoms. The number of amides is 1. The molecule has 0 unspecified atom stereocenters. The van der Waals surface area contributed by atoms with Crippen LogP contribution in [0.4, 0.5) is 5.69 Å². The second kappa shape index (κ2) is 9.26. The van der Waals surface area contributed by atoms with E-state index in [1.54, 1.807) is 6.33 Å². The largest absolute Gasteiger partial charge is 0.369 e. The number of carbonyl (C=O) groups is 1. The van der Waals surface area contributed by atoms with E-state index in [0.717, 1.165) is 29.8 Å². The van der Waals surface area contributed by atoms with Crippen molar-refractivity contribution in [1.29, 1.82) is 0 Å². The molecule has 152 valence electrons. The lowest BCUT2D eigenvalue weighted by Crippen LogP contribution is -2.37. The van der Waals surface area contributed by atoms with E-state index in [1.807, 2.05) is 17.8 Å². The topological polar surface area (TPSA) is 50.2 Å². The minimum atomic E-state index is -0.0144. The van der Waals surface area contributed by atoms with Gasteiger partial charge in [-0.25, -0.2) is 4.98 Å². The van der Waals surface area contributed by atoms with Gasteiger partial charge in [-0.1, -0.05) is 26.2 Å². The lowest BCUT2D eigenvalue weighted by atomic mass is 9.92. The Morgan fingerprint density at radius 3 is 2.61 bits per heavy atom. The molecular weight excluding hydrogens is 348 g/mol. The van der Waals surface area contributed by atoms with Crippen molar-refractivity contribution >= 4 is 11.6 Å². The van der Waals surface area contributed by atoms with Crippen LogP contribution >= 0.6 is 0 Å². The number of hydrogen-bond acceptors (Lipinski definition) is 3. The van der Waals surface area contributed by atoms with Crippen LogP contribution in [0, 0.1) is 6.92 Å². The molecule has 1 heterocycles. The van der Waals surface area contributed by atoms with Crippen molar-refractivity contribution < 1.29 is 4.79 Å². The number of rotatable bonds is 7. The van der Waals surface area contributed by atoms with Crippen LogP contribution in [0.1, 0.15) is 73.1 Å². The van der Waals surface area contributed by atoms with Crippen LogP contribution in [0.2, 0.25) is 0 Å². The summed E-state index contributed by atoms with van der Waals surface area (Å²) in [6.45, 7) is 7.91. The van der Waals surface area contributed by atoms with Crippen molar-refractivity contribution in [2.75, 3.05) is 11.4 Å². The average Bonchev–Trinajstić information content (AvgIpc) is 3.14. The van der Waals surface area contributed by atoms with Gasteiger partial charge in [0.2, 0.25) is 0 Å². The van der Waals surface area contributed by atoms with Crippen LogP contribution in [0.5, 0.6) is 0 Å². The van der Waals surface area contributed by atoms with Gasteiger partial charge in [0.25, 0.3) is 5.91 Å². The van der Waals surface area contributed by atoms with Crippen molar-refractivity contribution in [3.63, 3.8) is 0 Å².